The van der Waals surface area contributed by atoms with Crippen molar-refractivity contribution in [2.75, 3.05) is 20.3 Å². The molecule has 0 bridgehead atoms. The summed E-state index contributed by atoms with van der Waals surface area (Å²) in [5, 5.41) is 5.17. The molecule has 1 aliphatic rings. The second-order valence-corrected chi connectivity index (χ2v) is 9.39. The monoisotopic (exact) mass is 470 g/mol. The molecule has 2 aromatic heterocycles. The van der Waals surface area contributed by atoms with Gasteiger partial charge in [0, 0.05) is 18.7 Å². The molecule has 0 saturated heterocycles. The molecule has 0 unspecified atom stereocenters. The van der Waals surface area contributed by atoms with Crippen molar-refractivity contribution in [3.8, 4) is 5.75 Å². The number of benzene rings is 1. The molecule has 1 fully saturated rings. The maximum Gasteiger partial charge on any atom is 0.287 e. The Morgan fingerprint density at radius 1 is 1.27 bits per heavy atom. The van der Waals surface area contributed by atoms with Crippen LogP contribution in [0.25, 0.3) is 10.2 Å². The van der Waals surface area contributed by atoms with E-state index >= 15 is 0 Å². The van der Waals surface area contributed by atoms with Crippen LogP contribution >= 0.6 is 11.3 Å². The number of nitrogens with zero attached hydrogens (tertiary/aromatic N) is 1. The zero-order chi connectivity index (χ0) is 23.2. The smallest absolute Gasteiger partial charge is 0.287 e. The number of amides is 1. The molecule has 2 heterocycles. The second-order valence-electron chi connectivity index (χ2n) is 8.53. The summed E-state index contributed by atoms with van der Waals surface area (Å²) < 4.78 is 11.1. The van der Waals surface area contributed by atoms with Gasteiger partial charge in [0.15, 0.2) is 0 Å². The first kappa shape index (κ1) is 23.4. The Bertz CT molecular complexity index is 1150. The third-order valence-corrected chi connectivity index (χ3v) is 7.15. The normalized spacial score (nSPS) is 18.4. The Morgan fingerprint density at radius 2 is 2.06 bits per heavy atom. The number of carbonyl (C=O) groups is 1. The molecule has 1 aromatic carbocycles. The number of carbonyl (C=O) groups excluding carboxylic acids is 1. The number of thiophene rings is 1. The zero-order valence-electron chi connectivity index (χ0n) is 18.8. The van der Waals surface area contributed by atoms with Crippen molar-refractivity contribution in [3.05, 3.63) is 57.0 Å². The van der Waals surface area contributed by atoms with Crippen molar-refractivity contribution in [2.45, 2.75) is 38.8 Å². The summed E-state index contributed by atoms with van der Waals surface area (Å²) in [4.78, 5) is 32.8. The number of H-pyrrole nitrogens is 1. The van der Waals surface area contributed by atoms with Crippen LogP contribution in [0, 0.1) is 11.8 Å². The second kappa shape index (κ2) is 10.9. The summed E-state index contributed by atoms with van der Waals surface area (Å²) in [6, 6.07) is 7.42. The molecule has 3 aromatic rings. The third kappa shape index (κ3) is 5.79. The van der Waals surface area contributed by atoms with Gasteiger partial charge in [0.05, 0.1) is 19.1 Å². The average molecular weight is 471 g/mol. The van der Waals surface area contributed by atoms with Crippen LogP contribution in [0.3, 0.4) is 0 Å². The van der Waals surface area contributed by atoms with Crippen LogP contribution in [0.15, 0.2) is 34.4 Å². The fraction of sp³-hybridized carbons (Fsp3) is 0.458. The van der Waals surface area contributed by atoms with E-state index in [9.17, 15) is 9.59 Å². The van der Waals surface area contributed by atoms with Gasteiger partial charge < -0.3 is 25.5 Å². The number of rotatable bonds is 9. The van der Waals surface area contributed by atoms with Crippen LogP contribution in [0.5, 0.6) is 5.75 Å². The van der Waals surface area contributed by atoms with Gasteiger partial charge in [-0.2, -0.15) is 0 Å². The predicted octanol–water partition coefficient (Wildman–Crippen LogP) is 3.20. The summed E-state index contributed by atoms with van der Waals surface area (Å²) in [5.74, 6) is 1.48. The molecule has 176 valence electrons. The molecule has 33 heavy (non-hydrogen) atoms. The van der Waals surface area contributed by atoms with E-state index in [0.717, 1.165) is 43.4 Å². The summed E-state index contributed by atoms with van der Waals surface area (Å²) in [6.07, 6.45) is 4.61. The van der Waals surface area contributed by atoms with E-state index in [4.69, 9.17) is 15.2 Å². The first-order valence-corrected chi connectivity index (χ1v) is 12.1. The van der Waals surface area contributed by atoms with Gasteiger partial charge in [-0.25, -0.2) is 4.98 Å². The molecule has 4 N–H and O–H groups in total. The van der Waals surface area contributed by atoms with Gasteiger partial charge in [0.25, 0.3) is 11.5 Å². The van der Waals surface area contributed by atoms with Crippen molar-refractivity contribution in [2.24, 2.45) is 17.6 Å². The fourth-order valence-electron chi connectivity index (χ4n) is 4.24. The Balaban J connectivity index is 1.36. The van der Waals surface area contributed by atoms with Gasteiger partial charge in [0.2, 0.25) is 5.82 Å². The minimum Gasteiger partial charge on any atom is -0.497 e. The van der Waals surface area contributed by atoms with E-state index in [1.807, 2.05) is 29.6 Å². The predicted molar refractivity (Wildman–Crippen MR) is 129 cm³/mol. The number of fused-ring (bicyclic) bond motifs is 1. The fourth-order valence-corrected chi connectivity index (χ4v) is 5.16. The van der Waals surface area contributed by atoms with Crippen molar-refractivity contribution in [1.82, 2.24) is 15.3 Å². The van der Waals surface area contributed by atoms with Crippen LogP contribution < -0.4 is 21.3 Å². The first-order chi connectivity index (χ1) is 16.1. The number of ether oxygens (including phenoxy) is 2. The highest BCUT2D eigenvalue weighted by Crippen LogP contribution is 2.29. The maximum atomic E-state index is 12.7. The molecule has 4 rings (SSSR count). The molecule has 0 radical (unpaired) electrons. The summed E-state index contributed by atoms with van der Waals surface area (Å²) in [7, 11) is 1.59. The van der Waals surface area contributed by atoms with Gasteiger partial charge in [-0.05, 0) is 67.1 Å². The summed E-state index contributed by atoms with van der Waals surface area (Å²) in [5.41, 5.74) is 7.14. The standard InChI is InChI=1S/C24H30N4O4S/c1-31-19-4-2-3-17(9-19)11-26-23(30)21-27-22(29)20-18(14-33-24(20)28-21)13-32-12-16-7-5-15(10-25)6-8-16/h2-4,9,14-16H,5-8,10-13,25H2,1H3,(H,26,30)(H,27,28,29)/t15-,16-. The van der Waals surface area contributed by atoms with Gasteiger partial charge in [-0.3, -0.25) is 9.59 Å². The molecule has 0 aliphatic heterocycles. The van der Waals surface area contributed by atoms with Crippen LogP contribution in [0.1, 0.15) is 47.4 Å². The highest BCUT2D eigenvalue weighted by molar-refractivity contribution is 7.16. The SMILES string of the molecule is COc1cccc(CNC(=O)c2nc3scc(COC[C@H]4CC[C@H](CN)CC4)c3c(=O)[nH]2)c1. The van der Waals surface area contributed by atoms with E-state index in [1.54, 1.807) is 7.11 Å². The number of methoxy groups -OCH3 is 1. The number of nitrogens with one attached hydrogen (secondary N) is 2. The summed E-state index contributed by atoms with van der Waals surface area (Å²) in [6.45, 7) is 2.12. The van der Waals surface area contributed by atoms with E-state index in [2.05, 4.69) is 15.3 Å². The van der Waals surface area contributed by atoms with Crippen LogP contribution in [0.2, 0.25) is 0 Å². The molecular weight excluding hydrogens is 440 g/mol. The lowest BCUT2D eigenvalue weighted by Crippen LogP contribution is -2.27. The molecule has 0 spiro atoms. The van der Waals surface area contributed by atoms with E-state index < -0.39 is 5.91 Å². The molecule has 9 heteroatoms. The Kier molecular flexibility index (Phi) is 7.74. The quantitative estimate of drug-likeness (QED) is 0.442. The number of hydrogen-bond donors (Lipinski definition) is 3. The Hall–Kier alpha value is -2.75. The minimum absolute atomic E-state index is 0.00128. The minimum atomic E-state index is -0.434. The van der Waals surface area contributed by atoms with Gasteiger partial charge in [-0.15, -0.1) is 11.3 Å². The third-order valence-electron chi connectivity index (χ3n) is 6.23. The molecule has 0 atom stereocenters. The summed E-state index contributed by atoms with van der Waals surface area (Å²) >= 11 is 1.35. The zero-order valence-corrected chi connectivity index (χ0v) is 19.6. The lowest BCUT2D eigenvalue weighted by Gasteiger charge is -2.27. The first-order valence-electron chi connectivity index (χ1n) is 11.3. The van der Waals surface area contributed by atoms with Gasteiger partial charge in [0.1, 0.15) is 10.6 Å². The number of nitrogens with two attached hydrogens (primary N) is 1. The van der Waals surface area contributed by atoms with Gasteiger partial charge in [-0.1, -0.05) is 12.1 Å². The molecule has 1 saturated carbocycles. The van der Waals surface area contributed by atoms with E-state index in [-0.39, 0.29) is 11.4 Å². The maximum absolute atomic E-state index is 12.7. The van der Waals surface area contributed by atoms with Crippen LogP contribution in [-0.2, 0) is 17.9 Å². The van der Waals surface area contributed by atoms with Crippen molar-refractivity contribution >= 4 is 27.5 Å². The highest BCUT2D eigenvalue weighted by Gasteiger charge is 2.21. The average Bonchev–Trinajstić information content (AvgIpc) is 3.26. The molecule has 8 nitrogen and oxygen atoms in total. The lowest BCUT2D eigenvalue weighted by molar-refractivity contribution is 0.0684. The van der Waals surface area contributed by atoms with E-state index in [0.29, 0.717) is 47.6 Å². The largest absolute Gasteiger partial charge is 0.497 e. The van der Waals surface area contributed by atoms with Crippen LogP contribution in [0.4, 0.5) is 0 Å². The van der Waals surface area contributed by atoms with Crippen molar-refractivity contribution in [1.29, 1.82) is 0 Å². The van der Waals surface area contributed by atoms with Crippen molar-refractivity contribution < 1.29 is 14.3 Å². The Labute approximate surface area is 196 Å². The highest BCUT2D eigenvalue weighted by atomic mass is 32.1. The number of aromatic nitrogens is 2. The molecular formula is C24H30N4O4S. The van der Waals surface area contributed by atoms with E-state index in [1.165, 1.54) is 11.3 Å². The molecule has 1 amide bonds. The van der Waals surface area contributed by atoms with Crippen molar-refractivity contribution in [3.63, 3.8) is 0 Å². The number of aromatic amines is 1. The molecule has 1 aliphatic carbocycles. The lowest BCUT2D eigenvalue weighted by atomic mass is 9.82. The van der Waals surface area contributed by atoms with Gasteiger partial charge >= 0.3 is 0 Å². The topological polar surface area (TPSA) is 119 Å². The Morgan fingerprint density at radius 3 is 2.82 bits per heavy atom. The number of hydrogen-bond acceptors (Lipinski definition) is 7. The van der Waals surface area contributed by atoms with Crippen LogP contribution in [-0.4, -0.2) is 36.1 Å².